The van der Waals surface area contributed by atoms with Crippen molar-refractivity contribution in [2.75, 3.05) is 0 Å². The van der Waals surface area contributed by atoms with E-state index in [-0.39, 0.29) is 0 Å². The third-order valence-electron chi connectivity index (χ3n) is 2.42. The Morgan fingerprint density at radius 1 is 1.08 bits per heavy atom. The highest BCUT2D eigenvalue weighted by Gasteiger charge is 2.13. The molecule has 0 atom stereocenters. The van der Waals surface area contributed by atoms with Crippen molar-refractivity contribution in [3.8, 4) is 0 Å². The minimum atomic E-state index is -0.398. The fraction of sp³-hybridized carbons (Fsp3) is 0.400. The van der Waals surface area contributed by atoms with Crippen LogP contribution in [0.1, 0.15) is 32.9 Å². The van der Waals surface area contributed by atoms with Gasteiger partial charge >= 0.3 is 0 Å². The van der Waals surface area contributed by atoms with Gasteiger partial charge in [0.25, 0.3) is 5.91 Å². The van der Waals surface area contributed by atoms with Gasteiger partial charge in [-0.2, -0.15) is 0 Å². The van der Waals surface area contributed by atoms with Gasteiger partial charge in [-0.3, -0.25) is 9.78 Å². The van der Waals surface area contributed by atoms with Crippen molar-refractivity contribution >= 4 is 5.91 Å². The number of aromatic nitrogens is 1. The van der Waals surface area contributed by atoms with Gasteiger partial charge in [0, 0.05) is 5.69 Å². The van der Waals surface area contributed by atoms with Gasteiger partial charge in [0.1, 0.15) is 0 Å². The summed E-state index contributed by atoms with van der Waals surface area (Å²) in [5.41, 5.74) is 9.47. The van der Waals surface area contributed by atoms with Gasteiger partial charge in [-0.25, -0.2) is 0 Å². The zero-order chi connectivity index (χ0) is 10.2. The molecule has 0 aliphatic heterocycles. The zero-order valence-electron chi connectivity index (χ0n) is 8.43. The van der Waals surface area contributed by atoms with Crippen molar-refractivity contribution in [2.24, 2.45) is 5.73 Å². The summed E-state index contributed by atoms with van der Waals surface area (Å²) in [4.78, 5) is 15.3. The quantitative estimate of drug-likeness (QED) is 0.707. The molecule has 0 aliphatic carbocycles. The molecule has 2 N–H and O–H groups in total. The van der Waals surface area contributed by atoms with Crippen LogP contribution in [0, 0.1) is 27.7 Å². The first-order chi connectivity index (χ1) is 5.95. The minimum Gasteiger partial charge on any atom is -0.366 e. The molecule has 0 unspecified atom stereocenters. The van der Waals surface area contributed by atoms with Crippen LogP contribution in [0.3, 0.4) is 0 Å². The summed E-state index contributed by atoms with van der Waals surface area (Å²) in [6.45, 7) is 7.58. The first kappa shape index (κ1) is 9.71. The zero-order valence-corrected chi connectivity index (χ0v) is 8.43. The maximum absolute atomic E-state index is 11.1. The third-order valence-corrected chi connectivity index (χ3v) is 2.42. The topological polar surface area (TPSA) is 56.0 Å². The summed E-state index contributed by atoms with van der Waals surface area (Å²) in [5, 5.41) is 0. The van der Waals surface area contributed by atoms with Crippen LogP contribution < -0.4 is 5.73 Å². The molecule has 0 fully saturated rings. The smallest absolute Gasteiger partial charge is 0.250 e. The number of primary amides is 1. The molecule has 13 heavy (non-hydrogen) atoms. The Hall–Kier alpha value is -1.38. The molecular weight excluding hydrogens is 164 g/mol. The number of pyridine rings is 1. The van der Waals surface area contributed by atoms with Gasteiger partial charge in [-0.05, 0) is 38.8 Å². The second-order valence-electron chi connectivity index (χ2n) is 3.27. The van der Waals surface area contributed by atoms with Crippen molar-refractivity contribution in [2.45, 2.75) is 27.7 Å². The van der Waals surface area contributed by atoms with Crippen molar-refractivity contribution in [1.29, 1.82) is 0 Å². The van der Waals surface area contributed by atoms with E-state index < -0.39 is 5.91 Å². The predicted molar refractivity (Wildman–Crippen MR) is 51.7 cm³/mol. The second-order valence-corrected chi connectivity index (χ2v) is 3.27. The highest BCUT2D eigenvalue weighted by molar-refractivity contribution is 5.95. The molecule has 1 aromatic rings. The lowest BCUT2D eigenvalue weighted by Crippen LogP contribution is -2.17. The number of carbonyl (C=O) groups is 1. The Balaban J connectivity index is 3.53. The summed E-state index contributed by atoms with van der Waals surface area (Å²) < 4.78 is 0. The predicted octanol–water partition coefficient (Wildman–Crippen LogP) is 1.41. The first-order valence-electron chi connectivity index (χ1n) is 4.19. The summed E-state index contributed by atoms with van der Waals surface area (Å²) in [6.07, 6.45) is 0. The van der Waals surface area contributed by atoms with Gasteiger partial charge in [0.05, 0.1) is 11.3 Å². The largest absolute Gasteiger partial charge is 0.366 e. The minimum absolute atomic E-state index is 0.398. The van der Waals surface area contributed by atoms with Crippen molar-refractivity contribution < 1.29 is 4.79 Å². The Labute approximate surface area is 78.0 Å². The third kappa shape index (κ3) is 1.54. The average molecular weight is 178 g/mol. The van der Waals surface area contributed by atoms with Crippen molar-refractivity contribution in [3.05, 3.63) is 28.1 Å². The van der Waals surface area contributed by atoms with Crippen LogP contribution in [0.4, 0.5) is 0 Å². The number of rotatable bonds is 1. The van der Waals surface area contributed by atoms with E-state index in [9.17, 15) is 4.79 Å². The highest BCUT2D eigenvalue weighted by atomic mass is 16.1. The van der Waals surface area contributed by atoms with E-state index in [2.05, 4.69) is 4.98 Å². The van der Waals surface area contributed by atoms with E-state index in [1.54, 1.807) is 6.92 Å². The summed E-state index contributed by atoms with van der Waals surface area (Å²) >= 11 is 0. The van der Waals surface area contributed by atoms with Crippen LogP contribution in [-0.4, -0.2) is 10.9 Å². The molecule has 0 saturated heterocycles. The second kappa shape index (κ2) is 3.17. The Kier molecular flexibility index (Phi) is 2.36. The standard InChI is InChI=1S/C10H14N2O/c1-5-6(2)9(10(11)13)8(4)12-7(5)3/h1-4H3,(H2,11,13). The van der Waals surface area contributed by atoms with Gasteiger partial charge in [0.2, 0.25) is 0 Å². The Morgan fingerprint density at radius 2 is 1.62 bits per heavy atom. The van der Waals surface area contributed by atoms with Gasteiger partial charge in [-0.15, -0.1) is 0 Å². The fourth-order valence-corrected chi connectivity index (χ4v) is 1.48. The van der Waals surface area contributed by atoms with Crippen LogP contribution in [-0.2, 0) is 0 Å². The van der Waals surface area contributed by atoms with Crippen molar-refractivity contribution in [1.82, 2.24) is 4.98 Å². The Bertz CT molecular complexity index is 370. The Morgan fingerprint density at radius 3 is 2.08 bits per heavy atom. The van der Waals surface area contributed by atoms with Crippen LogP contribution >= 0.6 is 0 Å². The molecule has 0 aliphatic rings. The summed E-state index contributed by atoms with van der Waals surface area (Å²) in [5.74, 6) is -0.398. The molecule has 1 heterocycles. The fourth-order valence-electron chi connectivity index (χ4n) is 1.48. The maximum atomic E-state index is 11.1. The van der Waals surface area contributed by atoms with E-state index in [4.69, 9.17) is 5.73 Å². The van der Waals surface area contributed by atoms with Gasteiger partial charge in [-0.1, -0.05) is 0 Å². The van der Waals surface area contributed by atoms with Crippen LogP contribution in [0.25, 0.3) is 0 Å². The van der Waals surface area contributed by atoms with E-state index in [0.717, 1.165) is 16.8 Å². The molecule has 0 saturated carbocycles. The van der Waals surface area contributed by atoms with E-state index >= 15 is 0 Å². The van der Waals surface area contributed by atoms with Gasteiger partial charge in [0.15, 0.2) is 0 Å². The number of nitrogens with two attached hydrogens (primary N) is 1. The number of carbonyl (C=O) groups excluding carboxylic acids is 1. The molecular formula is C10H14N2O. The molecule has 3 heteroatoms. The van der Waals surface area contributed by atoms with Crippen molar-refractivity contribution in [3.63, 3.8) is 0 Å². The van der Waals surface area contributed by atoms with Crippen LogP contribution in [0.2, 0.25) is 0 Å². The van der Waals surface area contributed by atoms with Gasteiger partial charge < -0.3 is 5.73 Å². The first-order valence-corrected chi connectivity index (χ1v) is 4.19. The average Bonchev–Trinajstić information content (AvgIpc) is 1.99. The van der Waals surface area contributed by atoms with E-state index in [1.807, 2.05) is 20.8 Å². The molecule has 1 rings (SSSR count). The SMILES string of the molecule is Cc1nc(C)c(C(N)=O)c(C)c1C. The molecule has 3 nitrogen and oxygen atoms in total. The number of hydrogen-bond donors (Lipinski definition) is 1. The maximum Gasteiger partial charge on any atom is 0.250 e. The van der Waals surface area contributed by atoms with Crippen LogP contribution in [0.5, 0.6) is 0 Å². The lowest BCUT2D eigenvalue weighted by atomic mass is 10.0. The molecule has 70 valence electrons. The summed E-state index contributed by atoms with van der Waals surface area (Å²) in [7, 11) is 0. The molecule has 0 bridgehead atoms. The number of aryl methyl sites for hydroxylation is 2. The molecule has 0 radical (unpaired) electrons. The van der Waals surface area contributed by atoms with Crippen LogP contribution in [0.15, 0.2) is 0 Å². The lowest BCUT2D eigenvalue weighted by Gasteiger charge is -2.10. The number of hydrogen-bond acceptors (Lipinski definition) is 2. The molecule has 1 aromatic heterocycles. The number of nitrogens with zero attached hydrogens (tertiary/aromatic N) is 1. The van der Waals surface area contributed by atoms with E-state index in [1.165, 1.54) is 0 Å². The lowest BCUT2D eigenvalue weighted by molar-refractivity contribution is 0.0998. The van der Waals surface area contributed by atoms with E-state index in [0.29, 0.717) is 11.3 Å². The highest BCUT2D eigenvalue weighted by Crippen LogP contribution is 2.17. The normalized spacial score (nSPS) is 10.2. The number of amides is 1. The molecule has 0 aromatic carbocycles. The molecule has 1 amide bonds. The summed E-state index contributed by atoms with van der Waals surface area (Å²) in [6, 6.07) is 0. The molecule has 0 spiro atoms. The monoisotopic (exact) mass is 178 g/mol.